The fourth-order valence-electron chi connectivity index (χ4n) is 9.47. The molecule has 58 heavy (non-hydrogen) atoms. The van der Waals surface area contributed by atoms with Gasteiger partial charge in [0, 0.05) is 45.0 Å². The summed E-state index contributed by atoms with van der Waals surface area (Å²) in [5.74, 6) is 2.43. The largest absolute Gasteiger partial charge is 0.457 e. The average Bonchev–Trinajstić information content (AvgIpc) is 3.58. The van der Waals surface area contributed by atoms with Crippen molar-refractivity contribution in [2.75, 3.05) is 0 Å². The van der Waals surface area contributed by atoms with Crippen LogP contribution in [0.25, 0.3) is 77.8 Å². The predicted molar refractivity (Wildman–Crippen MR) is 234 cm³/mol. The summed E-state index contributed by atoms with van der Waals surface area (Å²) < 4.78 is 6.64. The van der Waals surface area contributed by atoms with Gasteiger partial charge >= 0.3 is 0 Å². The van der Waals surface area contributed by atoms with Crippen LogP contribution in [0, 0.1) is 0 Å². The van der Waals surface area contributed by atoms with E-state index in [1.165, 1.54) is 27.6 Å². The van der Waals surface area contributed by atoms with Gasteiger partial charge in [0.25, 0.3) is 0 Å². The Hall–Kier alpha value is -7.69. The molecule has 4 nitrogen and oxygen atoms in total. The van der Waals surface area contributed by atoms with E-state index >= 15 is 0 Å². The first-order chi connectivity index (χ1) is 28.7. The van der Waals surface area contributed by atoms with Gasteiger partial charge in [-0.15, -0.1) is 0 Å². The fraction of sp³-hybridized carbons (Fsp3) is 0.0185. The van der Waals surface area contributed by atoms with Gasteiger partial charge in [-0.2, -0.15) is 0 Å². The fourth-order valence-corrected chi connectivity index (χ4v) is 9.47. The van der Waals surface area contributed by atoms with E-state index in [9.17, 15) is 0 Å². The minimum Gasteiger partial charge on any atom is -0.457 e. The number of aromatic nitrogens is 3. The molecule has 4 heteroatoms. The highest BCUT2D eigenvalue weighted by atomic mass is 16.5. The molecular formula is C54H33N3O. The molecule has 0 amide bonds. The van der Waals surface area contributed by atoms with Crippen molar-refractivity contribution in [2.45, 2.75) is 5.41 Å². The topological polar surface area (TPSA) is 47.9 Å². The Bertz CT molecular complexity index is 3220. The Morgan fingerprint density at radius 3 is 1.78 bits per heavy atom. The normalized spacial score (nSPS) is 13.1. The third-order valence-electron chi connectivity index (χ3n) is 12.0. The Kier molecular flexibility index (Phi) is 7.11. The van der Waals surface area contributed by atoms with Crippen LogP contribution in [0.3, 0.4) is 0 Å². The first kappa shape index (κ1) is 32.5. The van der Waals surface area contributed by atoms with Gasteiger partial charge in [0.1, 0.15) is 11.5 Å². The van der Waals surface area contributed by atoms with Crippen LogP contribution in [-0.4, -0.2) is 15.0 Å². The number of pyridine rings is 1. The van der Waals surface area contributed by atoms with Gasteiger partial charge < -0.3 is 4.74 Å². The molecule has 1 spiro atoms. The van der Waals surface area contributed by atoms with Gasteiger partial charge in [-0.05, 0) is 75.0 Å². The number of hydrogen-bond acceptors (Lipinski definition) is 4. The van der Waals surface area contributed by atoms with Crippen LogP contribution in [0.4, 0.5) is 0 Å². The molecule has 1 aliphatic heterocycles. The molecule has 12 rings (SSSR count). The maximum absolute atomic E-state index is 6.64. The standard InChI is InChI=1S/C54H33N3O/c1-2-14-36(15-3-1)53-56-48(33-49(57-53)41-21-10-16-34-13-4-5-19-39(34)41)38-27-29-45-43(32-38)42-31-37(40-20-11-17-35-18-12-30-55-52(35)40)26-28-44(42)54(45)46-22-6-8-24-50(46)58-51-25-9-7-23-47(51)54/h1-33H. The Balaban J connectivity index is 1.13. The van der Waals surface area contributed by atoms with Crippen LogP contribution in [0.5, 0.6) is 11.5 Å². The van der Waals surface area contributed by atoms with Crippen LogP contribution in [-0.2, 0) is 5.41 Å². The molecule has 0 saturated carbocycles. The van der Waals surface area contributed by atoms with Gasteiger partial charge in [-0.1, -0.05) is 158 Å². The molecule has 1 aliphatic carbocycles. The summed E-state index contributed by atoms with van der Waals surface area (Å²) in [5.41, 5.74) is 14.5. The van der Waals surface area contributed by atoms with Gasteiger partial charge in [-0.3, -0.25) is 4.98 Å². The second kappa shape index (κ2) is 12.7. The molecular weight excluding hydrogens is 707 g/mol. The summed E-state index contributed by atoms with van der Waals surface area (Å²) in [6.45, 7) is 0. The van der Waals surface area contributed by atoms with Gasteiger partial charge in [0.15, 0.2) is 5.82 Å². The maximum atomic E-state index is 6.64. The molecule has 0 bridgehead atoms. The maximum Gasteiger partial charge on any atom is 0.160 e. The molecule has 0 unspecified atom stereocenters. The predicted octanol–water partition coefficient (Wildman–Crippen LogP) is 13.3. The second-order valence-electron chi connectivity index (χ2n) is 15.1. The minimum atomic E-state index is -0.598. The summed E-state index contributed by atoms with van der Waals surface area (Å²) in [5, 5.41) is 3.45. The van der Waals surface area contributed by atoms with E-state index in [0.29, 0.717) is 5.82 Å². The SMILES string of the molecule is c1ccc(-c2nc(-c3ccc4c(c3)-c3cc(-c5cccc6cccnc56)ccc3C43c4ccccc4Oc4ccccc43)cc(-c3cccc4ccccc34)n2)cc1. The smallest absolute Gasteiger partial charge is 0.160 e. The summed E-state index contributed by atoms with van der Waals surface area (Å²) >= 11 is 0. The number of benzene rings is 8. The summed E-state index contributed by atoms with van der Waals surface area (Å²) in [4.78, 5) is 15.4. The van der Waals surface area contributed by atoms with E-state index in [1.54, 1.807) is 0 Å². The zero-order valence-corrected chi connectivity index (χ0v) is 31.3. The van der Waals surface area contributed by atoms with Crippen LogP contribution >= 0.6 is 0 Å². The molecule has 8 aromatic carbocycles. The van der Waals surface area contributed by atoms with Crippen LogP contribution in [0.1, 0.15) is 22.3 Å². The minimum absolute atomic E-state index is 0.598. The zero-order chi connectivity index (χ0) is 38.2. The van der Waals surface area contributed by atoms with Gasteiger partial charge in [0.2, 0.25) is 0 Å². The number of hydrogen-bond donors (Lipinski definition) is 0. The van der Waals surface area contributed by atoms with Crippen molar-refractivity contribution in [3.63, 3.8) is 0 Å². The molecule has 2 aromatic heterocycles. The van der Waals surface area contributed by atoms with Crippen molar-refractivity contribution in [1.82, 2.24) is 15.0 Å². The summed E-state index contributed by atoms with van der Waals surface area (Å²) in [6.07, 6.45) is 1.88. The first-order valence-electron chi connectivity index (χ1n) is 19.7. The van der Waals surface area contributed by atoms with Crippen molar-refractivity contribution in [1.29, 1.82) is 0 Å². The summed E-state index contributed by atoms with van der Waals surface area (Å²) in [6, 6.07) is 68.8. The highest BCUT2D eigenvalue weighted by molar-refractivity contribution is 5.99. The third kappa shape index (κ3) is 4.79. The molecule has 10 aromatic rings. The highest BCUT2D eigenvalue weighted by Crippen LogP contribution is 2.62. The molecule has 0 saturated heterocycles. The van der Waals surface area contributed by atoms with E-state index < -0.39 is 5.41 Å². The Labute approximate surface area is 335 Å². The summed E-state index contributed by atoms with van der Waals surface area (Å²) in [7, 11) is 0. The van der Waals surface area contributed by atoms with Crippen LogP contribution < -0.4 is 4.74 Å². The molecule has 0 fully saturated rings. The van der Waals surface area contributed by atoms with E-state index in [-0.39, 0.29) is 0 Å². The first-order valence-corrected chi connectivity index (χ1v) is 19.7. The van der Waals surface area contributed by atoms with E-state index in [1.807, 2.05) is 30.5 Å². The Morgan fingerprint density at radius 2 is 0.983 bits per heavy atom. The second-order valence-corrected chi connectivity index (χ2v) is 15.1. The lowest BCUT2D eigenvalue weighted by molar-refractivity contribution is 0.436. The molecule has 0 radical (unpaired) electrons. The third-order valence-corrected chi connectivity index (χ3v) is 12.0. The van der Waals surface area contributed by atoms with Crippen LogP contribution in [0.2, 0.25) is 0 Å². The number of para-hydroxylation sites is 3. The molecule has 3 heterocycles. The van der Waals surface area contributed by atoms with Gasteiger partial charge in [0.05, 0.1) is 22.3 Å². The van der Waals surface area contributed by atoms with Crippen molar-refractivity contribution < 1.29 is 4.74 Å². The average molecular weight is 740 g/mol. The molecule has 0 atom stereocenters. The number of fused-ring (bicyclic) bond motifs is 11. The van der Waals surface area contributed by atoms with Crippen molar-refractivity contribution in [2.24, 2.45) is 0 Å². The van der Waals surface area contributed by atoms with Crippen LogP contribution in [0.15, 0.2) is 200 Å². The van der Waals surface area contributed by atoms with Gasteiger partial charge in [-0.25, -0.2) is 9.97 Å². The van der Waals surface area contributed by atoms with E-state index in [2.05, 4.69) is 170 Å². The van der Waals surface area contributed by atoms with Crippen molar-refractivity contribution in [3.05, 3.63) is 223 Å². The zero-order valence-electron chi connectivity index (χ0n) is 31.3. The Morgan fingerprint density at radius 1 is 0.379 bits per heavy atom. The molecule has 2 aliphatic rings. The van der Waals surface area contributed by atoms with E-state index in [4.69, 9.17) is 19.7 Å². The van der Waals surface area contributed by atoms with Crippen molar-refractivity contribution in [3.8, 4) is 67.7 Å². The lowest BCUT2D eigenvalue weighted by Crippen LogP contribution is -2.32. The highest BCUT2D eigenvalue weighted by Gasteiger charge is 2.51. The lowest BCUT2D eigenvalue weighted by Gasteiger charge is -2.39. The number of nitrogens with zero attached hydrogens (tertiary/aromatic N) is 3. The quantitative estimate of drug-likeness (QED) is 0.180. The van der Waals surface area contributed by atoms with Crippen molar-refractivity contribution >= 4 is 21.7 Å². The van der Waals surface area contributed by atoms with E-state index in [0.717, 1.165) is 78.1 Å². The monoisotopic (exact) mass is 739 g/mol. The molecule has 0 N–H and O–H groups in total. The number of rotatable bonds is 4. The lowest BCUT2D eigenvalue weighted by atomic mass is 9.66. The molecule has 270 valence electrons. The number of ether oxygens (including phenoxy) is 1.